The largest absolute Gasteiger partial charge is 0.478 e. The molecule has 0 aliphatic heterocycles. The molecular formula is C14H9FN2O3. The number of nitrogens with zero attached hydrogens (tertiary/aromatic N) is 2. The van der Waals surface area contributed by atoms with Gasteiger partial charge in [-0.1, -0.05) is 0 Å². The number of hydrogen-bond acceptors (Lipinski definition) is 3. The highest BCUT2D eigenvalue weighted by Crippen LogP contribution is 2.11. The molecule has 2 rings (SSSR count). The van der Waals surface area contributed by atoms with Crippen LogP contribution in [0.2, 0.25) is 0 Å². The number of carboxylic acids is 1. The molecule has 0 aliphatic carbocycles. The van der Waals surface area contributed by atoms with E-state index in [9.17, 15) is 14.0 Å². The highest BCUT2D eigenvalue weighted by molar-refractivity contribution is 5.87. The van der Waals surface area contributed by atoms with Crippen molar-refractivity contribution in [1.29, 1.82) is 5.26 Å². The molecule has 0 bridgehead atoms. The topological polar surface area (TPSA) is 83.1 Å². The molecule has 0 amide bonds. The maximum absolute atomic E-state index is 13.6. The minimum absolute atomic E-state index is 0.0694. The van der Waals surface area contributed by atoms with Gasteiger partial charge in [-0.05, 0) is 24.3 Å². The lowest BCUT2D eigenvalue weighted by Gasteiger charge is -2.07. The summed E-state index contributed by atoms with van der Waals surface area (Å²) in [6.45, 7) is -0.0694. The summed E-state index contributed by atoms with van der Waals surface area (Å²) < 4.78 is 14.8. The van der Waals surface area contributed by atoms with Gasteiger partial charge in [0.15, 0.2) is 0 Å². The van der Waals surface area contributed by atoms with Crippen LogP contribution in [0.1, 0.15) is 21.5 Å². The van der Waals surface area contributed by atoms with Gasteiger partial charge in [-0.2, -0.15) is 5.26 Å². The number of carboxylic acid groups (broad SMARTS) is 1. The fourth-order valence-corrected chi connectivity index (χ4v) is 1.72. The molecule has 1 heterocycles. The number of pyridine rings is 1. The summed E-state index contributed by atoms with van der Waals surface area (Å²) in [7, 11) is 0. The van der Waals surface area contributed by atoms with Crippen LogP contribution in [-0.2, 0) is 6.54 Å². The molecule has 0 fully saturated rings. The van der Waals surface area contributed by atoms with E-state index in [1.807, 2.05) is 6.07 Å². The second-order valence-corrected chi connectivity index (χ2v) is 4.10. The van der Waals surface area contributed by atoms with Gasteiger partial charge < -0.3 is 9.67 Å². The SMILES string of the molecule is N#Cc1ccc(F)c(Cn2ccc(C(=O)O)cc2=O)c1. The first kappa shape index (κ1) is 13.5. The molecule has 2 aromatic rings. The van der Waals surface area contributed by atoms with E-state index < -0.39 is 17.3 Å². The molecule has 1 N–H and O–H groups in total. The summed E-state index contributed by atoms with van der Waals surface area (Å²) in [5.41, 5.74) is -0.199. The van der Waals surface area contributed by atoms with Crippen molar-refractivity contribution in [1.82, 2.24) is 4.57 Å². The molecule has 20 heavy (non-hydrogen) atoms. The van der Waals surface area contributed by atoms with Crippen LogP contribution in [0.3, 0.4) is 0 Å². The molecule has 0 spiro atoms. The lowest BCUT2D eigenvalue weighted by molar-refractivity contribution is 0.0696. The molecule has 0 atom stereocenters. The predicted molar refractivity (Wildman–Crippen MR) is 67.9 cm³/mol. The average molecular weight is 272 g/mol. The zero-order chi connectivity index (χ0) is 14.7. The van der Waals surface area contributed by atoms with Gasteiger partial charge in [-0.3, -0.25) is 4.79 Å². The molecule has 1 aromatic carbocycles. The van der Waals surface area contributed by atoms with Crippen LogP contribution in [-0.4, -0.2) is 15.6 Å². The van der Waals surface area contributed by atoms with Crippen LogP contribution >= 0.6 is 0 Å². The third kappa shape index (κ3) is 2.72. The Morgan fingerprint density at radius 1 is 1.35 bits per heavy atom. The lowest BCUT2D eigenvalue weighted by atomic mass is 10.1. The standard InChI is InChI=1S/C14H9FN2O3/c15-12-2-1-9(7-16)5-11(12)8-17-4-3-10(14(19)20)6-13(17)18/h1-6H,8H2,(H,19,20). The number of aromatic nitrogens is 1. The summed E-state index contributed by atoms with van der Waals surface area (Å²) in [4.78, 5) is 22.4. The minimum atomic E-state index is -1.20. The van der Waals surface area contributed by atoms with Crippen LogP contribution in [0.15, 0.2) is 41.3 Å². The fraction of sp³-hybridized carbons (Fsp3) is 0.0714. The Labute approximate surface area is 113 Å². The van der Waals surface area contributed by atoms with Gasteiger partial charge in [-0.25, -0.2) is 9.18 Å². The Morgan fingerprint density at radius 3 is 2.70 bits per heavy atom. The molecule has 5 nitrogen and oxygen atoms in total. The normalized spacial score (nSPS) is 10.0. The van der Waals surface area contributed by atoms with Crippen molar-refractivity contribution in [3.63, 3.8) is 0 Å². The first-order valence-electron chi connectivity index (χ1n) is 5.63. The monoisotopic (exact) mass is 272 g/mol. The summed E-state index contributed by atoms with van der Waals surface area (Å²) in [5.74, 6) is -1.73. The summed E-state index contributed by atoms with van der Waals surface area (Å²) >= 11 is 0. The molecule has 0 saturated heterocycles. The first-order valence-corrected chi connectivity index (χ1v) is 5.63. The quantitative estimate of drug-likeness (QED) is 0.920. The minimum Gasteiger partial charge on any atom is -0.478 e. The van der Waals surface area contributed by atoms with Crippen molar-refractivity contribution < 1.29 is 14.3 Å². The van der Waals surface area contributed by atoms with E-state index in [0.29, 0.717) is 0 Å². The van der Waals surface area contributed by atoms with Crippen LogP contribution < -0.4 is 5.56 Å². The summed E-state index contributed by atoms with van der Waals surface area (Å²) in [5, 5.41) is 17.5. The summed E-state index contributed by atoms with van der Waals surface area (Å²) in [6.07, 6.45) is 1.28. The predicted octanol–water partition coefficient (Wildman–Crippen LogP) is 1.61. The van der Waals surface area contributed by atoms with Gasteiger partial charge in [-0.15, -0.1) is 0 Å². The molecule has 0 aliphatic rings. The van der Waals surface area contributed by atoms with Crippen molar-refractivity contribution in [2.24, 2.45) is 0 Å². The van der Waals surface area contributed by atoms with Gasteiger partial charge in [0.2, 0.25) is 0 Å². The Morgan fingerprint density at radius 2 is 2.10 bits per heavy atom. The first-order chi connectivity index (χ1) is 9.51. The highest BCUT2D eigenvalue weighted by atomic mass is 19.1. The van der Waals surface area contributed by atoms with Crippen molar-refractivity contribution >= 4 is 5.97 Å². The number of rotatable bonds is 3. The van der Waals surface area contributed by atoms with Gasteiger partial charge >= 0.3 is 5.97 Å². The van der Waals surface area contributed by atoms with E-state index in [-0.39, 0.29) is 23.2 Å². The number of carbonyl (C=O) groups is 1. The van der Waals surface area contributed by atoms with Gasteiger partial charge in [0.25, 0.3) is 5.56 Å². The third-order valence-electron chi connectivity index (χ3n) is 2.76. The number of aromatic carboxylic acids is 1. The molecule has 0 unspecified atom stereocenters. The van der Waals surface area contributed by atoms with Crippen molar-refractivity contribution in [2.45, 2.75) is 6.54 Å². The third-order valence-corrected chi connectivity index (χ3v) is 2.76. The number of nitriles is 1. The van der Waals surface area contributed by atoms with Gasteiger partial charge in [0.1, 0.15) is 5.82 Å². The van der Waals surface area contributed by atoms with Crippen LogP contribution in [0, 0.1) is 17.1 Å². The zero-order valence-electron chi connectivity index (χ0n) is 10.2. The maximum Gasteiger partial charge on any atom is 0.335 e. The van der Waals surface area contributed by atoms with E-state index in [2.05, 4.69) is 0 Å². The molecule has 6 heteroatoms. The molecule has 0 saturated carbocycles. The Kier molecular flexibility index (Phi) is 3.62. The lowest BCUT2D eigenvalue weighted by Crippen LogP contribution is -2.21. The van der Waals surface area contributed by atoms with Crippen LogP contribution in [0.25, 0.3) is 0 Å². The molecular weight excluding hydrogens is 263 g/mol. The van der Waals surface area contributed by atoms with E-state index >= 15 is 0 Å². The Hall–Kier alpha value is -2.94. The molecule has 100 valence electrons. The van der Waals surface area contributed by atoms with Crippen LogP contribution in [0.4, 0.5) is 4.39 Å². The van der Waals surface area contributed by atoms with E-state index in [1.165, 1.54) is 29.0 Å². The van der Waals surface area contributed by atoms with Gasteiger partial charge in [0.05, 0.1) is 23.7 Å². The van der Waals surface area contributed by atoms with Crippen molar-refractivity contribution in [2.75, 3.05) is 0 Å². The zero-order valence-corrected chi connectivity index (χ0v) is 10.2. The number of benzene rings is 1. The summed E-state index contributed by atoms with van der Waals surface area (Å²) in [6, 6.07) is 7.97. The van der Waals surface area contributed by atoms with E-state index in [1.54, 1.807) is 0 Å². The van der Waals surface area contributed by atoms with E-state index in [4.69, 9.17) is 10.4 Å². The van der Waals surface area contributed by atoms with Crippen molar-refractivity contribution in [3.8, 4) is 6.07 Å². The molecule has 1 aromatic heterocycles. The average Bonchev–Trinajstić information content (AvgIpc) is 2.43. The second-order valence-electron chi connectivity index (χ2n) is 4.10. The number of halogens is 1. The highest BCUT2D eigenvalue weighted by Gasteiger charge is 2.08. The fourth-order valence-electron chi connectivity index (χ4n) is 1.72. The Bertz CT molecular complexity index is 775. The maximum atomic E-state index is 13.6. The number of hydrogen-bond donors (Lipinski definition) is 1. The van der Waals surface area contributed by atoms with Gasteiger partial charge in [0, 0.05) is 17.8 Å². The second kappa shape index (κ2) is 5.36. The smallest absolute Gasteiger partial charge is 0.335 e. The van der Waals surface area contributed by atoms with Crippen LogP contribution in [0.5, 0.6) is 0 Å². The van der Waals surface area contributed by atoms with E-state index in [0.717, 1.165) is 12.1 Å². The Balaban J connectivity index is 2.38. The molecule has 0 radical (unpaired) electrons. The van der Waals surface area contributed by atoms with Crippen molar-refractivity contribution in [3.05, 3.63) is 69.4 Å².